The molecule has 0 spiro atoms. The van der Waals surface area contributed by atoms with Crippen molar-refractivity contribution in [2.24, 2.45) is 0 Å². The Morgan fingerprint density at radius 1 is 0.759 bits per heavy atom. The van der Waals surface area contributed by atoms with Crippen LogP contribution in [0, 0.1) is 0 Å². The van der Waals surface area contributed by atoms with Crippen LogP contribution in [-0.4, -0.2) is 54.0 Å². The predicted octanol–water partition coefficient (Wildman–Crippen LogP) is 2.56. The van der Waals surface area contributed by atoms with Crippen molar-refractivity contribution in [1.82, 2.24) is 14.8 Å². The number of aromatic nitrogens is 1. The van der Waals surface area contributed by atoms with Gasteiger partial charge in [0.25, 0.3) is 5.91 Å². The third kappa shape index (κ3) is 4.48. The monoisotopic (exact) mass is 388 g/mol. The number of hydrogen-bond acceptors (Lipinski definition) is 3. The van der Waals surface area contributed by atoms with Crippen molar-refractivity contribution in [1.29, 1.82) is 0 Å². The number of para-hydroxylation sites is 1. The molecule has 0 saturated carbocycles. The lowest BCUT2D eigenvalue weighted by atomic mass is 10.2. The van der Waals surface area contributed by atoms with E-state index in [2.05, 4.69) is 22.3 Å². The number of hydrogen-bond donors (Lipinski definition) is 1. The van der Waals surface area contributed by atoms with E-state index in [0.717, 1.165) is 18.8 Å². The Morgan fingerprint density at radius 2 is 1.41 bits per heavy atom. The molecular formula is C23H24N4O2. The molecule has 148 valence electrons. The predicted molar refractivity (Wildman–Crippen MR) is 113 cm³/mol. The molecule has 1 aliphatic heterocycles. The Bertz CT molecular complexity index is 944. The molecule has 1 fully saturated rings. The maximum atomic E-state index is 12.5. The highest BCUT2D eigenvalue weighted by Crippen LogP contribution is 2.15. The summed E-state index contributed by atoms with van der Waals surface area (Å²) in [5, 5.41) is 2.74. The van der Waals surface area contributed by atoms with Gasteiger partial charge < -0.3 is 19.7 Å². The lowest BCUT2D eigenvalue weighted by molar-refractivity contribution is -0.130. The molecule has 1 aliphatic rings. The average Bonchev–Trinajstić information content (AvgIpc) is 3.33. The highest BCUT2D eigenvalue weighted by Gasteiger charge is 2.21. The van der Waals surface area contributed by atoms with Crippen LogP contribution in [0.5, 0.6) is 0 Å². The summed E-state index contributed by atoms with van der Waals surface area (Å²) in [6.07, 6.45) is 3.90. The van der Waals surface area contributed by atoms with Gasteiger partial charge in [0, 0.05) is 55.5 Å². The Kier molecular flexibility index (Phi) is 5.61. The summed E-state index contributed by atoms with van der Waals surface area (Å²) in [5.74, 6) is -0.282. The van der Waals surface area contributed by atoms with Crippen LogP contribution >= 0.6 is 0 Å². The van der Waals surface area contributed by atoms with Crippen molar-refractivity contribution < 1.29 is 9.59 Å². The van der Waals surface area contributed by atoms with E-state index in [9.17, 15) is 9.59 Å². The van der Waals surface area contributed by atoms with Gasteiger partial charge in [0.1, 0.15) is 0 Å². The largest absolute Gasteiger partial charge is 0.368 e. The van der Waals surface area contributed by atoms with Gasteiger partial charge in [0.05, 0.1) is 6.54 Å². The van der Waals surface area contributed by atoms with Gasteiger partial charge in [-0.3, -0.25) is 9.59 Å². The van der Waals surface area contributed by atoms with E-state index < -0.39 is 0 Å². The summed E-state index contributed by atoms with van der Waals surface area (Å²) in [6, 6.07) is 21.4. The van der Waals surface area contributed by atoms with Crippen LogP contribution in [0.1, 0.15) is 10.4 Å². The Morgan fingerprint density at radius 3 is 2.07 bits per heavy atom. The first-order valence-electron chi connectivity index (χ1n) is 9.80. The SMILES string of the molecule is O=C(NCC(=O)N1CCN(c2ccccc2)CC1)c1ccc(-n2cccc2)cc1. The number of benzene rings is 2. The lowest BCUT2D eigenvalue weighted by Gasteiger charge is -2.36. The zero-order valence-corrected chi connectivity index (χ0v) is 16.2. The Balaban J connectivity index is 1.26. The minimum Gasteiger partial charge on any atom is -0.368 e. The van der Waals surface area contributed by atoms with Crippen LogP contribution in [0.4, 0.5) is 5.69 Å². The van der Waals surface area contributed by atoms with E-state index in [4.69, 9.17) is 0 Å². The number of carbonyl (C=O) groups is 2. The minimum absolute atomic E-state index is 0.0174. The smallest absolute Gasteiger partial charge is 0.251 e. The zero-order chi connectivity index (χ0) is 20.1. The summed E-state index contributed by atoms with van der Waals surface area (Å²) in [6.45, 7) is 2.93. The van der Waals surface area contributed by atoms with Crippen LogP contribution in [0.15, 0.2) is 79.1 Å². The number of nitrogens with one attached hydrogen (secondary N) is 1. The zero-order valence-electron chi connectivity index (χ0n) is 16.2. The van der Waals surface area contributed by atoms with E-state index in [1.807, 2.05) is 64.3 Å². The van der Waals surface area contributed by atoms with Crippen LogP contribution in [-0.2, 0) is 4.79 Å². The van der Waals surface area contributed by atoms with Crippen molar-refractivity contribution in [3.8, 4) is 5.69 Å². The average molecular weight is 388 g/mol. The Labute approximate surface area is 170 Å². The first-order chi connectivity index (χ1) is 14.2. The molecule has 0 atom stereocenters. The van der Waals surface area contributed by atoms with Crippen molar-refractivity contribution in [2.75, 3.05) is 37.6 Å². The molecule has 1 saturated heterocycles. The third-order valence-corrected chi connectivity index (χ3v) is 5.19. The van der Waals surface area contributed by atoms with E-state index in [0.29, 0.717) is 18.7 Å². The van der Waals surface area contributed by atoms with Crippen molar-refractivity contribution >= 4 is 17.5 Å². The molecule has 2 amide bonds. The van der Waals surface area contributed by atoms with Crippen molar-refractivity contribution in [3.63, 3.8) is 0 Å². The molecule has 2 heterocycles. The van der Waals surface area contributed by atoms with E-state index in [-0.39, 0.29) is 18.4 Å². The van der Waals surface area contributed by atoms with Crippen LogP contribution in [0.2, 0.25) is 0 Å². The highest BCUT2D eigenvalue weighted by molar-refractivity contribution is 5.96. The van der Waals surface area contributed by atoms with Crippen molar-refractivity contribution in [2.45, 2.75) is 0 Å². The molecule has 3 aromatic rings. The molecule has 6 heteroatoms. The van der Waals surface area contributed by atoms with Gasteiger partial charge in [-0.1, -0.05) is 18.2 Å². The molecule has 0 bridgehead atoms. The quantitative estimate of drug-likeness (QED) is 0.731. The molecule has 2 aromatic carbocycles. The molecule has 1 aromatic heterocycles. The van der Waals surface area contributed by atoms with Gasteiger partial charge in [-0.2, -0.15) is 0 Å². The number of rotatable bonds is 5. The summed E-state index contributed by atoms with van der Waals surface area (Å²) in [4.78, 5) is 28.9. The van der Waals surface area contributed by atoms with Crippen LogP contribution in [0.3, 0.4) is 0 Å². The summed E-state index contributed by atoms with van der Waals surface area (Å²) in [5.41, 5.74) is 2.71. The molecule has 6 nitrogen and oxygen atoms in total. The lowest BCUT2D eigenvalue weighted by Crippen LogP contribution is -2.51. The number of carbonyl (C=O) groups excluding carboxylic acids is 2. The summed E-state index contributed by atoms with van der Waals surface area (Å²) < 4.78 is 1.97. The second-order valence-corrected chi connectivity index (χ2v) is 7.02. The van der Waals surface area contributed by atoms with Gasteiger partial charge in [-0.05, 0) is 48.5 Å². The number of amides is 2. The van der Waals surface area contributed by atoms with Gasteiger partial charge >= 0.3 is 0 Å². The second kappa shape index (κ2) is 8.65. The fourth-order valence-electron chi connectivity index (χ4n) is 3.51. The van der Waals surface area contributed by atoms with Gasteiger partial charge in [-0.25, -0.2) is 0 Å². The first kappa shape index (κ1) is 18.8. The molecule has 29 heavy (non-hydrogen) atoms. The molecule has 4 rings (SSSR count). The summed E-state index contributed by atoms with van der Waals surface area (Å²) >= 11 is 0. The van der Waals surface area contributed by atoms with E-state index in [1.165, 1.54) is 5.69 Å². The summed E-state index contributed by atoms with van der Waals surface area (Å²) in [7, 11) is 0. The number of nitrogens with zero attached hydrogens (tertiary/aromatic N) is 3. The topological polar surface area (TPSA) is 57.6 Å². The second-order valence-electron chi connectivity index (χ2n) is 7.02. The fraction of sp³-hybridized carbons (Fsp3) is 0.217. The normalized spacial score (nSPS) is 13.9. The van der Waals surface area contributed by atoms with E-state index in [1.54, 1.807) is 12.1 Å². The number of anilines is 1. The molecular weight excluding hydrogens is 364 g/mol. The van der Waals surface area contributed by atoms with Gasteiger partial charge in [-0.15, -0.1) is 0 Å². The molecule has 0 unspecified atom stereocenters. The molecule has 0 aliphatic carbocycles. The maximum Gasteiger partial charge on any atom is 0.251 e. The van der Waals surface area contributed by atoms with Gasteiger partial charge in [0.15, 0.2) is 0 Å². The Hall–Kier alpha value is -3.54. The number of piperazine rings is 1. The van der Waals surface area contributed by atoms with Crippen molar-refractivity contribution in [3.05, 3.63) is 84.7 Å². The maximum absolute atomic E-state index is 12.5. The van der Waals surface area contributed by atoms with Crippen LogP contribution < -0.4 is 10.2 Å². The highest BCUT2D eigenvalue weighted by atomic mass is 16.2. The third-order valence-electron chi connectivity index (χ3n) is 5.19. The van der Waals surface area contributed by atoms with E-state index >= 15 is 0 Å². The fourth-order valence-corrected chi connectivity index (χ4v) is 3.51. The molecule has 1 N–H and O–H groups in total. The minimum atomic E-state index is -0.236. The van der Waals surface area contributed by atoms with Gasteiger partial charge in [0.2, 0.25) is 5.91 Å². The van der Waals surface area contributed by atoms with Crippen LogP contribution in [0.25, 0.3) is 5.69 Å². The first-order valence-corrected chi connectivity index (χ1v) is 9.80. The standard InChI is InChI=1S/C23H24N4O2/c28-22(27-16-14-26(15-17-27)20-6-2-1-3-7-20)18-24-23(29)19-8-10-21(11-9-19)25-12-4-5-13-25/h1-13H,14-18H2,(H,24,29). The molecule has 0 radical (unpaired) electrons.